The molecule has 2 aromatic rings. The molecule has 19 heavy (non-hydrogen) atoms. The molecule has 0 radical (unpaired) electrons. The lowest BCUT2D eigenvalue weighted by molar-refractivity contribution is 0.275. The molecule has 0 spiro atoms. The first-order chi connectivity index (χ1) is 9.04. The fourth-order valence-electron chi connectivity index (χ4n) is 2.13. The maximum Gasteiger partial charge on any atom is 0.167 e. The van der Waals surface area contributed by atoms with Crippen LogP contribution in [-0.2, 0) is 13.0 Å². The summed E-state index contributed by atoms with van der Waals surface area (Å²) in [6, 6.07) is 8.37. The van der Waals surface area contributed by atoms with E-state index in [1.165, 1.54) is 16.7 Å². The third kappa shape index (κ3) is 3.83. The summed E-state index contributed by atoms with van der Waals surface area (Å²) in [4.78, 5) is 2.21. The topological polar surface area (TPSA) is 55.3 Å². The van der Waals surface area contributed by atoms with Crippen LogP contribution in [0.5, 0.6) is 0 Å². The molecule has 0 amide bonds. The van der Waals surface area contributed by atoms with E-state index in [9.17, 15) is 0 Å². The summed E-state index contributed by atoms with van der Waals surface area (Å²) in [7, 11) is 2.07. The van der Waals surface area contributed by atoms with Gasteiger partial charge in [-0.05, 0) is 38.4 Å². The molecular formula is C15H21N3O. The van der Waals surface area contributed by atoms with Gasteiger partial charge in [-0.3, -0.25) is 4.90 Å². The maximum atomic E-state index is 5.53. The van der Waals surface area contributed by atoms with Crippen LogP contribution in [0.3, 0.4) is 0 Å². The Morgan fingerprint density at radius 1 is 1.26 bits per heavy atom. The third-order valence-electron chi connectivity index (χ3n) is 3.27. The molecule has 0 aliphatic heterocycles. The summed E-state index contributed by atoms with van der Waals surface area (Å²) < 4.78 is 5.11. The van der Waals surface area contributed by atoms with E-state index in [0.717, 1.165) is 25.3 Å². The van der Waals surface area contributed by atoms with E-state index in [2.05, 4.69) is 49.2 Å². The SMILES string of the molecule is Cc1ccc(C)c(CCN(C)Cc2cc(N)no2)c1. The Kier molecular flexibility index (Phi) is 4.22. The largest absolute Gasteiger partial charge is 0.381 e. The van der Waals surface area contributed by atoms with Crippen molar-refractivity contribution < 1.29 is 4.52 Å². The van der Waals surface area contributed by atoms with Gasteiger partial charge in [0.05, 0.1) is 6.54 Å². The number of hydrogen-bond donors (Lipinski definition) is 1. The summed E-state index contributed by atoms with van der Waals surface area (Å²) in [5.41, 5.74) is 9.60. The van der Waals surface area contributed by atoms with Gasteiger partial charge in [0, 0.05) is 12.6 Å². The van der Waals surface area contributed by atoms with Crippen molar-refractivity contribution in [2.24, 2.45) is 0 Å². The van der Waals surface area contributed by atoms with Crippen LogP contribution in [0.25, 0.3) is 0 Å². The number of anilines is 1. The zero-order valence-corrected chi connectivity index (χ0v) is 11.8. The van der Waals surface area contributed by atoms with Crippen molar-refractivity contribution in [3.05, 3.63) is 46.7 Å². The lowest BCUT2D eigenvalue weighted by atomic mass is 10.0. The highest BCUT2D eigenvalue weighted by atomic mass is 16.5. The van der Waals surface area contributed by atoms with Gasteiger partial charge < -0.3 is 10.3 Å². The Morgan fingerprint density at radius 3 is 2.74 bits per heavy atom. The number of nitrogens with two attached hydrogens (primary N) is 1. The van der Waals surface area contributed by atoms with Gasteiger partial charge in [-0.1, -0.05) is 28.9 Å². The average Bonchev–Trinajstić information content (AvgIpc) is 2.76. The molecule has 0 saturated heterocycles. The van der Waals surface area contributed by atoms with Gasteiger partial charge in [0.2, 0.25) is 0 Å². The second kappa shape index (κ2) is 5.89. The van der Waals surface area contributed by atoms with Crippen LogP contribution in [0.2, 0.25) is 0 Å². The van der Waals surface area contributed by atoms with Gasteiger partial charge in [0.15, 0.2) is 11.6 Å². The van der Waals surface area contributed by atoms with E-state index in [0.29, 0.717) is 5.82 Å². The number of nitrogen functional groups attached to an aromatic ring is 1. The van der Waals surface area contributed by atoms with Crippen LogP contribution < -0.4 is 5.73 Å². The zero-order chi connectivity index (χ0) is 13.8. The van der Waals surface area contributed by atoms with Crippen molar-refractivity contribution in [1.82, 2.24) is 10.1 Å². The Morgan fingerprint density at radius 2 is 2.05 bits per heavy atom. The summed E-state index contributed by atoms with van der Waals surface area (Å²) in [6.07, 6.45) is 1.04. The summed E-state index contributed by atoms with van der Waals surface area (Å²) in [5.74, 6) is 1.25. The molecule has 2 rings (SSSR count). The molecule has 1 aromatic heterocycles. The fourth-order valence-corrected chi connectivity index (χ4v) is 2.13. The Labute approximate surface area is 114 Å². The molecule has 1 aromatic carbocycles. The van der Waals surface area contributed by atoms with E-state index in [1.807, 2.05) is 0 Å². The van der Waals surface area contributed by atoms with Crippen molar-refractivity contribution in [2.45, 2.75) is 26.8 Å². The highest BCUT2D eigenvalue weighted by molar-refractivity contribution is 5.30. The fraction of sp³-hybridized carbons (Fsp3) is 0.400. The summed E-state index contributed by atoms with van der Waals surface area (Å²) >= 11 is 0. The van der Waals surface area contributed by atoms with Crippen LogP contribution >= 0.6 is 0 Å². The van der Waals surface area contributed by atoms with Gasteiger partial charge in [-0.25, -0.2) is 0 Å². The molecule has 4 heteroatoms. The maximum absolute atomic E-state index is 5.53. The Balaban J connectivity index is 1.89. The van der Waals surface area contributed by atoms with Crippen LogP contribution in [0.4, 0.5) is 5.82 Å². The van der Waals surface area contributed by atoms with Gasteiger partial charge >= 0.3 is 0 Å². The molecule has 0 aliphatic rings. The smallest absolute Gasteiger partial charge is 0.167 e. The number of aromatic nitrogens is 1. The minimum Gasteiger partial charge on any atom is -0.381 e. The van der Waals surface area contributed by atoms with Crippen molar-refractivity contribution in [2.75, 3.05) is 19.3 Å². The predicted molar refractivity (Wildman–Crippen MR) is 76.9 cm³/mol. The summed E-state index contributed by atoms with van der Waals surface area (Å²) in [5, 5.41) is 3.69. The van der Waals surface area contributed by atoms with E-state index in [-0.39, 0.29) is 0 Å². The van der Waals surface area contributed by atoms with Crippen molar-refractivity contribution in [1.29, 1.82) is 0 Å². The first-order valence-corrected chi connectivity index (χ1v) is 6.50. The molecule has 4 nitrogen and oxygen atoms in total. The van der Waals surface area contributed by atoms with Crippen LogP contribution in [-0.4, -0.2) is 23.6 Å². The van der Waals surface area contributed by atoms with Gasteiger partial charge in [0.25, 0.3) is 0 Å². The van der Waals surface area contributed by atoms with E-state index >= 15 is 0 Å². The van der Waals surface area contributed by atoms with Gasteiger partial charge in [-0.2, -0.15) is 0 Å². The minimum absolute atomic E-state index is 0.443. The van der Waals surface area contributed by atoms with Crippen molar-refractivity contribution in [3.8, 4) is 0 Å². The van der Waals surface area contributed by atoms with Crippen LogP contribution in [0, 0.1) is 13.8 Å². The Bertz CT molecular complexity index is 548. The normalized spacial score (nSPS) is 11.2. The van der Waals surface area contributed by atoms with Gasteiger partial charge in [-0.15, -0.1) is 0 Å². The third-order valence-corrected chi connectivity index (χ3v) is 3.27. The second-order valence-electron chi connectivity index (χ2n) is 5.14. The van der Waals surface area contributed by atoms with Crippen molar-refractivity contribution >= 4 is 5.82 Å². The highest BCUT2D eigenvalue weighted by Crippen LogP contribution is 2.13. The van der Waals surface area contributed by atoms with E-state index in [1.54, 1.807) is 6.07 Å². The number of benzene rings is 1. The first-order valence-electron chi connectivity index (χ1n) is 6.50. The second-order valence-corrected chi connectivity index (χ2v) is 5.14. The molecule has 0 bridgehead atoms. The van der Waals surface area contributed by atoms with Crippen LogP contribution in [0.1, 0.15) is 22.5 Å². The molecule has 102 valence electrons. The molecule has 0 fully saturated rings. The van der Waals surface area contributed by atoms with E-state index in [4.69, 9.17) is 10.3 Å². The zero-order valence-electron chi connectivity index (χ0n) is 11.8. The lowest BCUT2D eigenvalue weighted by Gasteiger charge is -2.15. The molecule has 0 saturated carbocycles. The summed E-state index contributed by atoms with van der Waals surface area (Å²) in [6.45, 7) is 6.00. The number of likely N-dealkylation sites (N-methyl/N-ethyl adjacent to an activating group) is 1. The van der Waals surface area contributed by atoms with Crippen molar-refractivity contribution in [3.63, 3.8) is 0 Å². The highest BCUT2D eigenvalue weighted by Gasteiger charge is 2.07. The Hall–Kier alpha value is -1.81. The molecular weight excluding hydrogens is 238 g/mol. The van der Waals surface area contributed by atoms with Crippen LogP contribution in [0.15, 0.2) is 28.8 Å². The number of aryl methyl sites for hydroxylation is 2. The number of nitrogens with zero attached hydrogens (tertiary/aromatic N) is 2. The molecule has 2 N–H and O–H groups in total. The monoisotopic (exact) mass is 259 g/mol. The van der Waals surface area contributed by atoms with E-state index < -0.39 is 0 Å². The predicted octanol–water partition coefficient (Wildman–Crippen LogP) is 2.55. The standard InChI is InChI=1S/C15H21N3O/c1-11-4-5-12(2)13(8-11)6-7-18(3)10-14-9-15(16)17-19-14/h4-5,8-9H,6-7,10H2,1-3H3,(H2,16,17). The minimum atomic E-state index is 0.443. The molecule has 0 unspecified atom stereocenters. The molecule has 0 atom stereocenters. The quantitative estimate of drug-likeness (QED) is 0.896. The number of rotatable bonds is 5. The molecule has 1 heterocycles. The molecule has 0 aliphatic carbocycles. The lowest BCUT2D eigenvalue weighted by Crippen LogP contribution is -2.20. The van der Waals surface area contributed by atoms with Gasteiger partial charge in [0.1, 0.15) is 0 Å². The average molecular weight is 259 g/mol. The number of hydrogen-bond acceptors (Lipinski definition) is 4. The first kappa shape index (κ1) is 13.6.